The van der Waals surface area contributed by atoms with Gasteiger partial charge in [0.1, 0.15) is 0 Å². The average molecular weight is 428 g/mol. The van der Waals surface area contributed by atoms with Gasteiger partial charge < -0.3 is 19.7 Å². The summed E-state index contributed by atoms with van der Waals surface area (Å²) in [7, 11) is 3.25. The van der Waals surface area contributed by atoms with Crippen LogP contribution >= 0.6 is 23.8 Å². The number of nitrogens with zero attached hydrogens (tertiary/aromatic N) is 2. The van der Waals surface area contributed by atoms with Crippen LogP contribution in [0.2, 0.25) is 5.02 Å². The Bertz CT molecular complexity index is 952. The van der Waals surface area contributed by atoms with E-state index in [1.54, 1.807) is 20.4 Å². The van der Waals surface area contributed by atoms with Gasteiger partial charge in [-0.3, -0.25) is 4.98 Å². The number of thiocarbonyl (C=S) groups is 1. The zero-order chi connectivity index (χ0) is 20.6. The van der Waals surface area contributed by atoms with Crippen molar-refractivity contribution in [3.63, 3.8) is 0 Å². The number of pyridine rings is 1. The molecule has 0 aliphatic carbocycles. The van der Waals surface area contributed by atoms with Crippen molar-refractivity contribution in [2.75, 3.05) is 19.5 Å². The maximum absolute atomic E-state index is 5.98. The van der Waals surface area contributed by atoms with Crippen molar-refractivity contribution in [3.05, 3.63) is 83.1 Å². The van der Waals surface area contributed by atoms with E-state index in [2.05, 4.69) is 15.2 Å². The standard InChI is InChI=1S/C22H22ClN3O2S/c1-27-20-10-5-16(12-21(20)28-2)14-26(15-17-4-3-11-24-13-17)22(29)25-19-8-6-18(23)7-9-19/h3-13H,14-15H2,1-2H3,(H,25,29). The molecule has 150 valence electrons. The van der Waals surface area contributed by atoms with Gasteiger partial charge in [0, 0.05) is 36.2 Å². The van der Waals surface area contributed by atoms with E-state index in [1.165, 1.54) is 0 Å². The molecule has 3 aromatic rings. The van der Waals surface area contributed by atoms with Crippen molar-refractivity contribution >= 4 is 34.6 Å². The molecule has 0 radical (unpaired) electrons. The lowest BCUT2D eigenvalue weighted by molar-refractivity contribution is 0.352. The molecule has 0 bridgehead atoms. The lowest BCUT2D eigenvalue weighted by Crippen LogP contribution is -2.33. The zero-order valence-electron chi connectivity index (χ0n) is 16.3. The highest BCUT2D eigenvalue weighted by Crippen LogP contribution is 2.28. The van der Waals surface area contributed by atoms with Crippen LogP contribution in [0.1, 0.15) is 11.1 Å². The van der Waals surface area contributed by atoms with Crippen molar-refractivity contribution in [3.8, 4) is 11.5 Å². The molecule has 0 atom stereocenters. The summed E-state index contributed by atoms with van der Waals surface area (Å²) in [5, 5.41) is 4.57. The van der Waals surface area contributed by atoms with Crippen LogP contribution in [-0.2, 0) is 13.1 Å². The molecule has 5 nitrogen and oxygen atoms in total. The van der Waals surface area contributed by atoms with Gasteiger partial charge in [-0.05, 0) is 65.8 Å². The third-order valence-corrected chi connectivity index (χ3v) is 4.91. The lowest BCUT2D eigenvalue weighted by Gasteiger charge is -2.26. The lowest BCUT2D eigenvalue weighted by atomic mass is 10.1. The summed E-state index contributed by atoms with van der Waals surface area (Å²) in [6.07, 6.45) is 3.60. The van der Waals surface area contributed by atoms with E-state index in [-0.39, 0.29) is 0 Å². The summed E-state index contributed by atoms with van der Waals surface area (Å²) in [4.78, 5) is 6.28. The fourth-order valence-electron chi connectivity index (χ4n) is 2.85. The predicted octanol–water partition coefficient (Wildman–Crippen LogP) is 5.15. The fourth-order valence-corrected chi connectivity index (χ4v) is 3.22. The van der Waals surface area contributed by atoms with Crippen LogP contribution in [0.3, 0.4) is 0 Å². The van der Waals surface area contributed by atoms with Gasteiger partial charge in [-0.25, -0.2) is 0 Å². The first-order chi connectivity index (χ1) is 14.1. The summed E-state index contributed by atoms with van der Waals surface area (Å²) in [5.74, 6) is 1.37. The highest BCUT2D eigenvalue weighted by Gasteiger charge is 2.14. The third-order valence-electron chi connectivity index (χ3n) is 4.30. The van der Waals surface area contributed by atoms with Gasteiger partial charge in [0.15, 0.2) is 16.6 Å². The first-order valence-corrected chi connectivity index (χ1v) is 9.79. The van der Waals surface area contributed by atoms with Gasteiger partial charge in [0.25, 0.3) is 0 Å². The van der Waals surface area contributed by atoms with Crippen LogP contribution in [0, 0.1) is 0 Å². The second kappa shape index (κ2) is 10.1. The second-order valence-corrected chi connectivity index (χ2v) is 7.17. The van der Waals surface area contributed by atoms with Gasteiger partial charge in [0.2, 0.25) is 0 Å². The molecule has 0 fully saturated rings. The highest BCUT2D eigenvalue weighted by molar-refractivity contribution is 7.80. The minimum Gasteiger partial charge on any atom is -0.493 e. The van der Waals surface area contributed by atoms with E-state index < -0.39 is 0 Å². The molecule has 0 unspecified atom stereocenters. The van der Waals surface area contributed by atoms with Crippen LogP contribution in [0.5, 0.6) is 11.5 Å². The Morgan fingerprint density at radius 1 is 1.00 bits per heavy atom. The van der Waals surface area contributed by atoms with Gasteiger partial charge in [0.05, 0.1) is 14.2 Å². The molecular formula is C22H22ClN3O2S. The third kappa shape index (κ3) is 5.82. The van der Waals surface area contributed by atoms with Gasteiger partial charge in [-0.1, -0.05) is 23.7 Å². The number of benzene rings is 2. The molecule has 0 saturated heterocycles. The van der Waals surface area contributed by atoms with Gasteiger partial charge in [-0.2, -0.15) is 0 Å². The number of nitrogens with one attached hydrogen (secondary N) is 1. The molecule has 0 spiro atoms. The topological polar surface area (TPSA) is 46.6 Å². The van der Waals surface area contributed by atoms with E-state index in [4.69, 9.17) is 33.3 Å². The number of hydrogen-bond acceptors (Lipinski definition) is 4. The number of rotatable bonds is 7. The van der Waals surface area contributed by atoms with E-state index in [1.807, 2.05) is 60.8 Å². The Balaban J connectivity index is 1.82. The number of ether oxygens (including phenoxy) is 2. The van der Waals surface area contributed by atoms with Crippen LogP contribution in [0.4, 0.5) is 5.69 Å². The quantitative estimate of drug-likeness (QED) is 0.526. The van der Waals surface area contributed by atoms with Crippen molar-refractivity contribution in [2.45, 2.75) is 13.1 Å². The van der Waals surface area contributed by atoms with E-state index in [0.29, 0.717) is 34.7 Å². The Morgan fingerprint density at radius 2 is 1.72 bits per heavy atom. The smallest absolute Gasteiger partial charge is 0.174 e. The maximum Gasteiger partial charge on any atom is 0.174 e. The molecular weight excluding hydrogens is 406 g/mol. The minimum absolute atomic E-state index is 0.592. The molecule has 0 aliphatic heterocycles. The molecule has 29 heavy (non-hydrogen) atoms. The number of halogens is 1. The maximum atomic E-state index is 5.98. The average Bonchev–Trinajstić information content (AvgIpc) is 2.75. The predicted molar refractivity (Wildman–Crippen MR) is 121 cm³/mol. The SMILES string of the molecule is COc1ccc(CN(Cc2cccnc2)C(=S)Nc2ccc(Cl)cc2)cc1OC. The first-order valence-electron chi connectivity index (χ1n) is 9.00. The van der Waals surface area contributed by atoms with Gasteiger partial charge in [-0.15, -0.1) is 0 Å². The van der Waals surface area contributed by atoms with Crippen LogP contribution in [0.15, 0.2) is 67.0 Å². The van der Waals surface area contributed by atoms with Crippen molar-refractivity contribution in [1.82, 2.24) is 9.88 Å². The number of anilines is 1. The largest absolute Gasteiger partial charge is 0.493 e. The summed E-state index contributed by atoms with van der Waals surface area (Å²) in [6.45, 7) is 1.20. The summed E-state index contributed by atoms with van der Waals surface area (Å²) >= 11 is 11.7. The number of hydrogen-bond donors (Lipinski definition) is 1. The summed E-state index contributed by atoms with van der Waals surface area (Å²) < 4.78 is 10.8. The molecule has 1 aromatic heterocycles. The Labute approximate surface area is 181 Å². The van der Waals surface area contributed by atoms with E-state index in [9.17, 15) is 0 Å². The summed E-state index contributed by atoms with van der Waals surface area (Å²) in [6, 6.07) is 17.2. The highest BCUT2D eigenvalue weighted by atomic mass is 35.5. The molecule has 0 amide bonds. The first kappa shape index (κ1) is 20.9. The minimum atomic E-state index is 0.592. The summed E-state index contributed by atoms with van der Waals surface area (Å²) in [5.41, 5.74) is 2.99. The second-order valence-electron chi connectivity index (χ2n) is 6.34. The Hall–Kier alpha value is -2.83. The molecule has 2 aromatic carbocycles. The van der Waals surface area contributed by atoms with Gasteiger partial charge >= 0.3 is 0 Å². The molecule has 0 saturated carbocycles. The number of aromatic nitrogens is 1. The van der Waals surface area contributed by atoms with E-state index in [0.717, 1.165) is 16.8 Å². The van der Waals surface area contributed by atoms with E-state index >= 15 is 0 Å². The molecule has 3 rings (SSSR count). The van der Waals surface area contributed by atoms with Crippen molar-refractivity contribution < 1.29 is 9.47 Å². The molecule has 7 heteroatoms. The Kier molecular flexibility index (Phi) is 7.27. The van der Waals surface area contributed by atoms with Crippen molar-refractivity contribution in [1.29, 1.82) is 0 Å². The van der Waals surface area contributed by atoms with Crippen LogP contribution in [0.25, 0.3) is 0 Å². The van der Waals surface area contributed by atoms with Crippen LogP contribution in [-0.4, -0.2) is 29.2 Å². The Morgan fingerprint density at radius 3 is 2.38 bits per heavy atom. The van der Waals surface area contributed by atoms with Crippen molar-refractivity contribution in [2.24, 2.45) is 0 Å². The number of methoxy groups -OCH3 is 2. The molecule has 1 N–H and O–H groups in total. The zero-order valence-corrected chi connectivity index (χ0v) is 17.8. The molecule has 0 aliphatic rings. The molecule has 1 heterocycles. The monoisotopic (exact) mass is 427 g/mol. The normalized spacial score (nSPS) is 10.3. The fraction of sp³-hybridized carbons (Fsp3) is 0.182. The van der Waals surface area contributed by atoms with Crippen LogP contribution < -0.4 is 14.8 Å².